The molecule has 0 aliphatic carbocycles. The fourth-order valence-corrected chi connectivity index (χ4v) is 2.41. The molecule has 0 aliphatic heterocycles. The Labute approximate surface area is 135 Å². The number of ether oxygens (including phenoxy) is 1. The summed E-state index contributed by atoms with van der Waals surface area (Å²) < 4.78 is 4.53. The number of aliphatic hydroxyl groups excluding tert-OH is 1. The maximum Gasteiger partial charge on any atom is 0.377 e. The van der Waals surface area contributed by atoms with Gasteiger partial charge in [0.1, 0.15) is 6.10 Å². The average molecular weight is 317 g/mol. The Morgan fingerprint density at radius 2 is 1.96 bits per heavy atom. The van der Waals surface area contributed by atoms with Gasteiger partial charge in [-0.1, -0.05) is 49.6 Å². The van der Waals surface area contributed by atoms with Gasteiger partial charge in [-0.3, -0.25) is 5.10 Å². The zero-order valence-corrected chi connectivity index (χ0v) is 13.4. The van der Waals surface area contributed by atoms with Gasteiger partial charge in [-0.15, -0.1) is 5.10 Å². The van der Waals surface area contributed by atoms with E-state index in [1.807, 2.05) is 6.07 Å². The minimum absolute atomic E-state index is 0.0515. The topological polar surface area (TPSA) is 88.1 Å². The maximum atomic E-state index is 11.2. The van der Waals surface area contributed by atoms with Crippen LogP contribution < -0.4 is 0 Å². The summed E-state index contributed by atoms with van der Waals surface area (Å²) in [5, 5.41) is 16.3. The van der Waals surface area contributed by atoms with Gasteiger partial charge in [0.2, 0.25) is 0 Å². The minimum Gasteiger partial charge on any atom is -0.463 e. The van der Waals surface area contributed by atoms with E-state index in [0.717, 1.165) is 32.1 Å². The van der Waals surface area contributed by atoms with Crippen LogP contribution in [0.1, 0.15) is 60.2 Å². The van der Waals surface area contributed by atoms with Crippen molar-refractivity contribution in [3.05, 3.63) is 47.5 Å². The number of aliphatic hydroxyl groups is 1. The van der Waals surface area contributed by atoms with Crippen molar-refractivity contribution in [3.63, 3.8) is 0 Å². The number of benzene rings is 1. The van der Waals surface area contributed by atoms with E-state index >= 15 is 0 Å². The molecule has 1 aromatic carbocycles. The first kappa shape index (κ1) is 17.1. The van der Waals surface area contributed by atoms with Crippen LogP contribution in [0, 0.1) is 0 Å². The van der Waals surface area contributed by atoms with Gasteiger partial charge < -0.3 is 9.84 Å². The van der Waals surface area contributed by atoms with E-state index in [-0.39, 0.29) is 5.82 Å². The summed E-state index contributed by atoms with van der Waals surface area (Å²) in [6, 6.07) is 10.4. The summed E-state index contributed by atoms with van der Waals surface area (Å²) in [7, 11) is 1.27. The number of hydrogen-bond donors (Lipinski definition) is 2. The van der Waals surface area contributed by atoms with Gasteiger partial charge in [0.15, 0.2) is 5.82 Å². The molecule has 2 N–H and O–H groups in total. The van der Waals surface area contributed by atoms with Crippen LogP contribution in [-0.4, -0.2) is 33.4 Å². The lowest BCUT2D eigenvalue weighted by Crippen LogP contribution is -2.04. The molecule has 0 fully saturated rings. The van der Waals surface area contributed by atoms with Crippen LogP contribution in [0.3, 0.4) is 0 Å². The average Bonchev–Trinajstić information content (AvgIpc) is 3.08. The number of hydrogen-bond acceptors (Lipinski definition) is 5. The molecule has 0 saturated heterocycles. The molecule has 1 atom stereocenters. The predicted molar refractivity (Wildman–Crippen MR) is 85.9 cm³/mol. The fraction of sp³-hybridized carbons (Fsp3) is 0.471. The van der Waals surface area contributed by atoms with Crippen LogP contribution >= 0.6 is 0 Å². The van der Waals surface area contributed by atoms with E-state index < -0.39 is 12.1 Å². The smallest absolute Gasteiger partial charge is 0.377 e. The molecule has 6 nitrogen and oxygen atoms in total. The molecule has 6 heteroatoms. The Bertz CT molecular complexity index is 598. The van der Waals surface area contributed by atoms with E-state index in [1.54, 1.807) is 0 Å². The van der Waals surface area contributed by atoms with E-state index in [0.29, 0.717) is 12.2 Å². The normalized spacial score (nSPS) is 12.1. The van der Waals surface area contributed by atoms with Crippen molar-refractivity contribution in [1.29, 1.82) is 0 Å². The van der Waals surface area contributed by atoms with Crippen molar-refractivity contribution < 1.29 is 14.6 Å². The molecule has 0 bridgehead atoms. The zero-order valence-electron chi connectivity index (χ0n) is 13.4. The molecule has 1 aromatic heterocycles. The highest BCUT2D eigenvalue weighted by molar-refractivity contribution is 5.84. The monoisotopic (exact) mass is 317 g/mol. The molecule has 0 spiro atoms. The number of methoxy groups -OCH3 is 1. The summed E-state index contributed by atoms with van der Waals surface area (Å²) >= 11 is 0. The third-order valence-electron chi connectivity index (χ3n) is 3.72. The molecular formula is C17H23N3O3. The second-order valence-electron chi connectivity index (χ2n) is 5.49. The molecule has 2 aromatic rings. The summed E-state index contributed by atoms with van der Waals surface area (Å²) in [5.41, 5.74) is 1.37. The number of aryl methyl sites for hydroxylation is 1. The Balaban J connectivity index is 1.62. The molecule has 23 heavy (non-hydrogen) atoms. The van der Waals surface area contributed by atoms with Crippen LogP contribution in [0.25, 0.3) is 0 Å². The molecule has 124 valence electrons. The standard InChI is InChI=1S/C17H23N3O3/c1-23-17(22)16-18-15(19-20-16)14(21)12-8-3-2-5-9-13-10-6-4-7-11-13/h4,6-7,10-11,14,21H,2-3,5,8-9,12H2,1H3,(H,18,19,20). The van der Waals surface area contributed by atoms with Crippen LogP contribution in [0.2, 0.25) is 0 Å². The number of carbonyl (C=O) groups is 1. The van der Waals surface area contributed by atoms with Gasteiger partial charge in [0.05, 0.1) is 7.11 Å². The zero-order chi connectivity index (χ0) is 16.5. The number of nitrogens with zero attached hydrogens (tertiary/aromatic N) is 2. The van der Waals surface area contributed by atoms with Crippen molar-refractivity contribution in [2.45, 2.75) is 44.6 Å². The molecule has 0 saturated carbocycles. The van der Waals surface area contributed by atoms with Gasteiger partial charge in [0, 0.05) is 0 Å². The van der Waals surface area contributed by atoms with E-state index in [2.05, 4.69) is 44.2 Å². The predicted octanol–water partition coefficient (Wildman–Crippen LogP) is 2.82. The van der Waals surface area contributed by atoms with Crippen molar-refractivity contribution in [1.82, 2.24) is 15.2 Å². The van der Waals surface area contributed by atoms with Crippen LogP contribution in [-0.2, 0) is 11.2 Å². The molecule has 1 unspecified atom stereocenters. The number of aromatic amines is 1. The van der Waals surface area contributed by atoms with Gasteiger partial charge in [-0.05, 0) is 24.8 Å². The van der Waals surface area contributed by atoms with Crippen molar-refractivity contribution in [3.8, 4) is 0 Å². The quantitative estimate of drug-likeness (QED) is 0.548. The van der Waals surface area contributed by atoms with Crippen molar-refractivity contribution in [2.75, 3.05) is 7.11 Å². The number of nitrogens with one attached hydrogen (secondary N) is 1. The number of rotatable bonds is 9. The SMILES string of the molecule is COC(=O)c1n[nH]c(C(O)CCCCCCc2ccccc2)n1. The van der Waals surface area contributed by atoms with Crippen molar-refractivity contribution in [2.24, 2.45) is 0 Å². The Hall–Kier alpha value is -2.21. The summed E-state index contributed by atoms with van der Waals surface area (Å²) in [5.74, 6) is -0.347. The number of H-pyrrole nitrogens is 1. The molecule has 1 heterocycles. The molecule has 0 amide bonds. The minimum atomic E-state index is -0.727. The highest BCUT2D eigenvalue weighted by Crippen LogP contribution is 2.17. The van der Waals surface area contributed by atoms with Crippen LogP contribution in [0.15, 0.2) is 30.3 Å². The molecule has 2 rings (SSSR count). The lowest BCUT2D eigenvalue weighted by Gasteiger charge is -2.07. The van der Waals surface area contributed by atoms with Crippen LogP contribution in [0.4, 0.5) is 0 Å². The Morgan fingerprint density at radius 1 is 1.22 bits per heavy atom. The van der Waals surface area contributed by atoms with E-state index in [4.69, 9.17) is 0 Å². The summed E-state index contributed by atoms with van der Waals surface area (Å²) in [6.45, 7) is 0. The molecular weight excluding hydrogens is 294 g/mol. The number of esters is 1. The lowest BCUT2D eigenvalue weighted by atomic mass is 10.0. The Morgan fingerprint density at radius 3 is 2.70 bits per heavy atom. The summed E-state index contributed by atoms with van der Waals surface area (Å²) in [4.78, 5) is 15.2. The number of unbranched alkanes of at least 4 members (excludes halogenated alkanes) is 3. The second-order valence-corrected chi connectivity index (χ2v) is 5.49. The first-order valence-electron chi connectivity index (χ1n) is 7.93. The summed E-state index contributed by atoms with van der Waals surface area (Å²) in [6.07, 6.45) is 5.21. The first-order valence-corrected chi connectivity index (χ1v) is 7.93. The third kappa shape index (κ3) is 5.49. The first-order chi connectivity index (χ1) is 11.2. The third-order valence-corrected chi connectivity index (χ3v) is 3.72. The van der Waals surface area contributed by atoms with Gasteiger partial charge in [-0.25, -0.2) is 9.78 Å². The lowest BCUT2D eigenvalue weighted by molar-refractivity contribution is 0.0587. The maximum absolute atomic E-state index is 11.2. The second kappa shape index (κ2) is 9.05. The highest BCUT2D eigenvalue weighted by atomic mass is 16.5. The van der Waals surface area contributed by atoms with E-state index in [1.165, 1.54) is 12.7 Å². The number of aromatic nitrogens is 3. The fourth-order valence-electron chi connectivity index (χ4n) is 2.41. The Kier molecular flexibility index (Phi) is 6.75. The number of carbonyl (C=O) groups excluding carboxylic acids is 1. The van der Waals surface area contributed by atoms with Gasteiger partial charge >= 0.3 is 5.97 Å². The van der Waals surface area contributed by atoms with Crippen LogP contribution in [0.5, 0.6) is 0 Å². The van der Waals surface area contributed by atoms with E-state index in [9.17, 15) is 9.90 Å². The van der Waals surface area contributed by atoms with Gasteiger partial charge in [-0.2, -0.15) is 0 Å². The molecule has 0 radical (unpaired) electrons. The van der Waals surface area contributed by atoms with Crippen molar-refractivity contribution >= 4 is 5.97 Å². The highest BCUT2D eigenvalue weighted by Gasteiger charge is 2.17. The largest absolute Gasteiger partial charge is 0.463 e. The van der Waals surface area contributed by atoms with Gasteiger partial charge in [0.25, 0.3) is 5.82 Å². The molecule has 0 aliphatic rings.